The standard InChI is InChI=1S/C12H24N2O3/c1-5-7-9(3)14(4)12(17)13-10(8-6-2)11(15)16/h9-10H,5-8H2,1-4H3,(H,13,17)(H,15,16)/t9?,10-/m0/s1. The molecule has 0 aliphatic carbocycles. The first-order valence-corrected chi connectivity index (χ1v) is 6.20. The van der Waals surface area contributed by atoms with Gasteiger partial charge in [0.25, 0.3) is 0 Å². The number of aliphatic carboxylic acids is 1. The molecule has 0 aromatic heterocycles. The van der Waals surface area contributed by atoms with Gasteiger partial charge in [0.15, 0.2) is 0 Å². The summed E-state index contributed by atoms with van der Waals surface area (Å²) < 4.78 is 0. The maximum absolute atomic E-state index is 11.8. The van der Waals surface area contributed by atoms with E-state index in [1.54, 1.807) is 11.9 Å². The summed E-state index contributed by atoms with van der Waals surface area (Å²) in [5.41, 5.74) is 0. The third-order valence-electron chi connectivity index (χ3n) is 2.86. The molecule has 2 atom stereocenters. The van der Waals surface area contributed by atoms with E-state index in [0.717, 1.165) is 19.3 Å². The van der Waals surface area contributed by atoms with Crippen molar-refractivity contribution in [3.05, 3.63) is 0 Å². The van der Waals surface area contributed by atoms with E-state index in [9.17, 15) is 9.59 Å². The second-order valence-corrected chi connectivity index (χ2v) is 4.38. The second-order valence-electron chi connectivity index (χ2n) is 4.38. The predicted octanol–water partition coefficient (Wildman–Crippen LogP) is 2.07. The molecule has 2 amide bonds. The molecule has 0 bridgehead atoms. The summed E-state index contributed by atoms with van der Waals surface area (Å²) >= 11 is 0. The summed E-state index contributed by atoms with van der Waals surface area (Å²) in [6.07, 6.45) is 3.09. The molecular formula is C12H24N2O3. The quantitative estimate of drug-likeness (QED) is 0.720. The fourth-order valence-electron chi connectivity index (χ4n) is 1.61. The van der Waals surface area contributed by atoms with Crippen LogP contribution >= 0.6 is 0 Å². The second kappa shape index (κ2) is 7.92. The molecule has 100 valence electrons. The van der Waals surface area contributed by atoms with E-state index in [2.05, 4.69) is 12.2 Å². The van der Waals surface area contributed by atoms with Gasteiger partial charge in [0.05, 0.1) is 0 Å². The zero-order chi connectivity index (χ0) is 13.4. The molecule has 0 aromatic rings. The van der Waals surface area contributed by atoms with Crippen LogP contribution in [0.5, 0.6) is 0 Å². The number of rotatable bonds is 7. The van der Waals surface area contributed by atoms with Gasteiger partial charge in [0, 0.05) is 13.1 Å². The molecule has 0 rings (SSSR count). The molecule has 0 radical (unpaired) electrons. The van der Waals surface area contributed by atoms with Gasteiger partial charge >= 0.3 is 12.0 Å². The zero-order valence-electron chi connectivity index (χ0n) is 11.2. The number of carboxylic acids is 1. The molecule has 0 spiro atoms. The summed E-state index contributed by atoms with van der Waals surface area (Å²) in [5.74, 6) is -0.975. The lowest BCUT2D eigenvalue weighted by Crippen LogP contribution is -2.49. The Balaban J connectivity index is 4.34. The summed E-state index contributed by atoms with van der Waals surface area (Å²) in [4.78, 5) is 24.3. The Morgan fingerprint density at radius 3 is 2.18 bits per heavy atom. The highest BCUT2D eigenvalue weighted by Crippen LogP contribution is 2.05. The molecule has 0 aliphatic rings. The Bertz CT molecular complexity index is 256. The van der Waals surface area contributed by atoms with E-state index in [4.69, 9.17) is 5.11 Å². The monoisotopic (exact) mass is 244 g/mol. The molecule has 0 aliphatic heterocycles. The van der Waals surface area contributed by atoms with Crippen molar-refractivity contribution in [1.29, 1.82) is 0 Å². The number of carbonyl (C=O) groups is 2. The minimum Gasteiger partial charge on any atom is -0.480 e. The highest BCUT2D eigenvalue weighted by molar-refractivity contribution is 5.82. The molecule has 0 heterocycles. The Kier molecular flexibility index (Phi) is 7.34. The van der Waals surface area contributed by atoms with Gasteiger partial charge in [-0.05, 0) is 19.8 Å². The van der Waals surface area contributed by atoms with Gasteiger partial charge in [0.1, 0.15) is 6.04 Å². The summed E-state index contributed by atoms with van der Waals surface area (Å²) in [6.45, 7) is 5.91. The minimum absolute atomic E-state index is 0.121. The van der Waals surface area contributed by atoms with Crippen LogP contribution in [-0.4, -0.2) is 41.1 Å². The SMILES string of the molecule is CCCC(C)N(C)C(=O)N[C@@H](CCC)C(=O)O. The maximum atomic E-state index is 11.8. The van der Waals surface area contributed by atoms with Crippen molar-refractivity contribution in [2.75, 3.05) is 7.05 Å². The van der Waals surface area contributed by atoms with Gasteiger partial charge in [-0.2, -0.15) is 0 Å². The number of nitrogens with zero attached hydrogens (tertiary/aromatic N) is 1. The predicted molar refractivity (Wildman–Crippen MR) is 67.0 cm³/mol. The Hall–Kier alpha value is -1.26. The van der Waals surface area contributed by atoms with Gasteiger partial charge in [0.2, 0.25) is 0 Å². The first-order valence-electron chi connectivity index (χ1n) is 6.20. The van der Waals surface area contributed by atoms with Gasteiger partial charge < -0.3 is 15.3 Å². The average Bonchev–Trinajstić information content (AvgIpc) is 2.27. The largest absolute Gasteiger partial charge is 0.480 e. The van der Waals surface area contributed by atoms with Crippen LogP contribution in [0.2, 0.25) is 0 Å². The average molecular weight is 244 g/mol. The molecule has 2 N–H and O–H groups in total. The fourth-order valence-corrected chi connectivity index (χ4v) is 1.61. The fraction of sp³-hybridized carbons (Fsp3) is 0.833. The maximum Gasteiger partial charge on any atom is 0.326 e. The van der Waals surface area contributed by atoms with E-state index in [1.807, 2.05) is 13.8 Å². The Morgan fingerprint density at radius 1 is 1.24 bits per heavy atom. The number of nitrogens with one attached hydrogen (secondary N) is 1. The van der Waals surface area contributed by atoms with Crippen LogP contribution in [0, 0.1) is 0 Å². The van der Waals surface area contributed by atoms with Crippen LogP contribution < -0.4 is 5.32 Å². The van der Waals surface area contributed by atoms with E-state index in [-0.39, 0.29) is 12.1 Å². The number of urea groups is 1. The van der Waals surface area contributed by atoms with Crippen LogP contribution in [0.1, 0.15) is 46.5 Å². The molecule has 0 aromatic carbocycles. The van der Waals surface area contributed by atoms with Crippen molar-refractivity contribution in [1.82, 2.24) is 10.2 Å². The van der Waals surface area contributed by atoms with Crippen LogP contribution in [0.15, 0.2) is 0 Å². The molecule has 0 saturated carbocycles. The zero-order valence-corrected chi connectivity index (χ0v) is 11.2. The van der Waals surface area contributed by atoms with Crippen molar-refractivity contribution in [2.24, 2.45) is 0 Å². The number of carboxylic acid groups (broad SMARTS) is 1. The van der Waals surface area contributed by atoms with Crippen LogP contribution in [-0.2, 0) is 4.79 Å². The van der Waals surface area contributed by atoms with Gasteiger partial charge in [-0.1, -0.05) is 26.7 Å². The van der Waals surface area contributed by atoms with Gasteiger partial charge in [-0.3, -0.25) is 0 Å². The number of amides is 2. The topological polar surface area (TPSA) is 69.6 Å². The molecule has 5 heteroatoms. The Labute approximate surface area is 103 Å². The smallest absolute Gasteiger partial charge is 0.326 e. The summed E-state index contributed by atoms with van der Waals surface area (Å²) in [5, 5.41) is 11.5. The molecule has 5 nitrogen and oxygen atoms in total. The van der Waals surface area contributed by atoms with E-state index < -0.39 is 12.0 Å². The molecule has 0 saturated heterocycles. The van der Waals surface area contributed by atoms with E-state index >= 15 is 0 Å². The lowest BCUT2D eigenvalue weighted by atomic mass is 10.1. The van der Waals surface area contributed by atoms with E-state index in [0.29, 0.717) is 6.42 Å². The van der Waals surface area contributed by atoms with Crippen LogP contribution in [0.25, 0.3) is 0 Å². The molecule has 0 fully saturated rings. The van der Waals surface area contributed by atoms with Gasteiger partial charge in [-0.25, -0.2) is 9.59 Å². The first-order chi connectivity index (χ1) is 7.93. The first kappa shape index (κ1) is 15.7. The summed E-state index contributed by atoms with van der Waals surface area (Å²) in [7, 11) is 1.69. The van der Waals surface area contributed by atoms with Crippen molar-refractivity contribution in [2.45, 2.75) is 58.5 Å². The van der Waals surface area contributed by atoms with Crippen LogP contribution in [0.3, 0.4) is 0 Å². The Morgan fingerprint density at radius 2 is 1.76 bits per heavy atom. The molecule has 1 unspecified atom stereocenters. The normalized spacial score (nSPS) is 13.9. The third kappa shape index (κ3) is 5.56. The van der Waals surface area contributed by atoms with Crippen molar-refractivity contribution < 1.29 is 14.7 Å². The van der Waals surface area contributed by atoms with Crippen molar-refractivity contribution in [3.8, 4) is 0 Å². The lowest BCUT2D eigenvalue weighted by molar-refractivity contribution is -0.139. The van der Waals surface area contributed by atoms with Crippen LogP contribution in [0.4, 0.5) is 4.79 Å². The highest BCUT2D eigenvalue weighted by atomic mass is 16.4. The highest BCUT2D eigenvalue weighted by Gasteiger charge is 2.22. The number of carbonyl (C=O) groups excluding carboxylic acids is 1. The number of hydrogen-bond acceptors (Lipinski definition) is 2. The molecular weight excluding hydrogens is 220 g/mol. The van der Waals surface area contributed by atoms with E-state index in [1.165, 1.54) is 0 Å². The van der Waals surface area contributed by atoms with Gasteiger partial charge in [-0.15, -0.1) is 0 Å². The minimum atomic E-state index is -0.975. The summed E-state index contributed by atoms with van der Waals surface area (Å²) in [6, 6.07) is -0.980. The van der Waals surface area contributed by atoms with Crippen molar-refractivity contribution in [3.63, 3.8) is 0 Å². The number of hydrogen-bond donors (Lipinski definition) is 2. The third-order valence-corrected chi connectivity index (χ3v) is 2.86. The lowest BCUT2D eigenvalue weighted by Gasteiger charge is -2.26. The molecule has 17 heavy (non-hydrogen) atoms. The van der Waals surface area contributed by atoms with Crippen molar-refractivity contribution >= 4 is 12.0 Å².